The van der Waals surface area contributed by atoms with E-state index < -0.39 is 17.8 Å². The van der Waals surface area contributed by atoms with Crippen molar-refractivity contribution in [2.45, 2.75) is 33.2 Å². The molecule has 1 heterocycles. The summed E-state index contributed by atoms with van der Waals surface area (Å²) < 4.78 is 11.0. The molecular formula is C17H21N5O5. The first-order valence-electron chi connectivity index (χ1n) is 8.55. The summed E-state index contributed by atoms with van der Waals surface area (Å²) in [7, 11) is 0. The van der Waals surface area contributed by atoms with Crippen molar-refractivity contribution in [1.29, 1.82) is 0 Å². The van der Waals surface area contributed by atoms with Crippen molar-refractivity contribution in [2.75, 3.05) is 18.5 Å². The minimum atomic E-state index is -0.944. The number of esters is 2. The van der Waals surface area contributed by atoms with Crippen LogP contribution in [0.5, 0.6) is 0 Å². The lowest BCUT2D eigenvalue weighted by atomic mass is 10.2. The molecule has 1 aromatic heterocycles. The van der Waals surface area contributed by atoms with Gasteiger partial charge in [-0.1, -0.05) is 25.5 Å². The zero-order valence-corrected chi connectivity index (χ0v) is 15.2. The summed E-state index contributed by atoms with van der Waals surface area (Å²) in [5.41, 5.74) is 0.928. The minimum Gasteiger partial charge on any atom is -0.465 e. The number of ether oxygens (including phenoxy) is 2. The molecule has 2 rings (SSSR count). The third-order valence-electron chi connectivity index (χ3n) is 3.41. The molecule has 1 amide bonds. The van der Waals surface area contributed by atoms with Gasteiger partial charge in [-0.3, -0.25) is 9.59 Å². The van der Waals surface area contributed by atoms with Crippen LogP contribution in [0.4, 0.5) is 5.69 Å². The van der Waals surface area contributed by atoms with Gasteiger partial charge in [-0.05, 0) is 35.9 Å². The fourth-order valence-corrected chi connectivity index (χ4v) is 2.14. The zero-order valence-electron chi connectivity index (χ0n) is 15.2. The monoisotopic (exact) mass is 375 g/mol. The molecule has 0 saturated carbocycles. The molecule has 0 aliphatic rings. The lowest BCUT2D eigenvalue weighted by Gasteiger charge is -2.08. The van der Waals surface area contributed by atoms with Crippen molar-refractivity contribution in [3.8, 4) is 11.4 Å². The summed E-state index contributed by atoms with van der Waals surface area (Å²) in [6.45, 7) is 3.97. The molecular weight excluding hydrogens is 354 g/mol. The summed E-state index contributed by atoms with van der Waals surface area (Å²) in [5.74, 6) is -1.95. The molecule has 2 aromatic rings. The summed E-state index contributed by atoms with van der Waals surface area (Å²) in [6, 6.07) is 6.57. The van der Waals surface area contributed by atoms with Crippen LogP contribution in [-0.4, -0.2) is 51.3 Å². The van der Waals surface area contributed by atoms with Gasteiger partial charge >= 0.3 is 17.8 Å². The number of anilines is 1. The van der Waals surface area contributed by atoms with Gasteiger partial charge in [0.15, 0.2) is 5.82 Å². The van der Waals surface area contributed by atoms with Crippen LogP contribution in [0.3, 0.4) is 0 Å². The van der Waals surface area contributed by atoms with Crippen LogP contribution in [0.25, 0.3) is 11.4 Å². The van der Waals surface area contributed by atoms with E-state index in [1.807, 2.05) is 6.92 Å². The van der Waals surface area contributed by atoms with E-state index in [2.05, 4.69) is 20.8 Å². The number of benzene rings is 1. The summed E-state index contributed by atoms with van der Waals surface area (Å²) in [4.78, 5) is 35.2. The van der Waals surface area contributed by atoms with E-state index in [9.17, 15) is 14.4 Å². The second-order valence-electron chi connectivity index (χ2n) is 5.49. The highest BCUT2D eigenvalue weighted by Crippen LogP contribution is 2.20. The topological polar surface area (TPSA) is 125 Å². The van der Waals surface area contributed by atoms with Crippen molar-refractivity contribution in [1.82, 2.24) is 20.2 Å². The Hall–Kier alpha value is -3.30. The average molecular weight is 375 g/mol. The largest absolute Gasteiger partial charge is 0.465 e. The van der Waals surface area contributed by atoms with Crippen LogP contribution in [0.15, 0.2) is 24.3 Å². The maximum atomic E-state index is 11.9. The number of aromatic nitrogens is 4. The SMILES string of the molecule is CCCCOC(=O)C(=O)Nc1cccc(-c2nnnn2CC(=O)OCC)c1. The molecule has 0 atom stereocenters. The van der Waals surface area contributed by atoms with Gasteiger partial charge in [0, 0.05) is 11.3 Å². The molecule has 0 aliphatic heterocycles. The van der Waals surface area contributed by atoms with E-state index in [0.29, 0.717) is 23.5 Å². The second-order valence-corrected chi connectivity index (χ2v) is 5.49. The second kappa shape index (κ2) is 10.00. The van der Waals surface area contributed by atoms with Crippen LogP contribution in [0, 0.1) is 0 Å². The number of amides is 1. The van der Waals surface area contributed by atoms with E-state index in [-0.39, 0.29) is 19.8 Å². The van der Waals surface area contributed by atoms with Gasteiger partial charge in [0.2, 0.25) is 0 Å². The van der Waals surface area contributed by atoms with Crippen LogP contribution in [0.1, 0.15) is 26.7 Å². The molecule has 0 saturated heterocycles. The Balaban J connectivity index is 2.08. The fourth-order valence-electron chi connectivity index (χ4n) is 2.14. The smallest absolute Gasteiger partial charge is 0.397 e. The number of nitrogens with zero attached hydrogens (tertiary/aromatic N) is 4. The van der Waals surface area contributed by atoms with Crippen LogP contribution < -0.4 is 5.32 Å². The Morgan fingerprint density at radius 2 is 2.00 bits per heavy atom. The molecule has 1 N–H and O–H groups in total. The molecule has 0 unspecified atom stereocenters. The highest BCUT2D eigenvalue weighted by Gasteiger charge is 2.17. The van der Waals surface area contributed by atoms with E-state index in [1.165, 1.54) is 4.68 Å². The Morgan fingerprint density at radius 1 is 1.19 bits per heavy atom. The maximum absolute atomic E-state index is 11.9. The molecule has 0 fully saturated rings. The van der Waals surface area contributed by atoms with E-state index >= 15 is 0 Å². The highest BCUT2D eigenvalue weighted by atomic mass is 16.5. The fraction of sp³-hybridized carbons (Fsp3) is 0.412. The third kappa shape index (κ3) is 5.87. The lowest BCUT2D eigenvalue weighted by Crippen LogP contribution is -2.25. The standard InChI is InChI=1S/C17H21N5O5/c1-3-5-9-27-17(25)16(24)18-13-8-6-7-12(10-13)15-19-20-21-22(15)11-14(23)26-4-2/h6-8,10H,3-5,9,11H2,1-2H3,(H,18,24). The van der Waals surface area contributed by atoms with Gasteiger partial charge in [-0.25, -0.2) is 9.48 Å². The Bertz CT molecular complexity index is 805. The van der Waals surface area contributed by atoms with E-state index in [0.717, 1.165) is 6.42 Å². The number of hydrogen-bond acceptors (Lipinski definition) is 8. The molecule has 0 spiro atoms. The number of rotatable bonds is 8. The Labute approximate surface area is 155 Å². The van der Waals surface area contributed by atoms with Gasteiger partial charge in [-0.15, -0.1) is 5.10 Å². The zero-order chi connectivity index (χ0) is 19.6. The summed E-state index contributed by atoms with van der Waals surface area (Å²) in [6.07, 6.45) is 1.55. The first kappa shape index (κ1) is 20.0. The van der Waals surface area contributed by atoms with Crippen molar-refractivity contribution < 1.29 is 23.9 Å². The lowest BCUT2D eigenvalue weighted by molar-refractivity contribution is -0.152. The average Bonchev–Trinajstić information content (AvgIpc) is 3.10. The van der Waals surface area contributed by atoms with Crippen molar-refractivity contribution in [2.24, 2.45) is 0 Å². The first-order valence-corrected chi connectivity index (χ1v) is 8.55. The van der Waals surface area contributed by atoms with Crippen LogP contribution >= 0.6 is 0 Å². The molecule has 1 aromatic carbocycles. The van der Waals surface area contributed by atoms with Gasteiger partial charge in [0.1, 0.15) is 6.54 Å². The Kier molecular flexibility index (Phi) is 7.41. The van der Waals surface area contributed by atoms with Crippen molar-refractivity contribution in [3.63, 3.8) is 0 Å². The molecule has 27 heavy (non-hydrogen) atoms. The van der Waals surface area contributed by atoms with Gasteiger partial charge < -0.3 is 14.8 Å². The quantitative estimate of drug-likeness (QED) is 0.414. The van der Waals surface area contributed by atoms with Crippen LogP contribution in [0.2, 0.25) is 0 Å². The number of nitrogens with one attached hydrogen (secondary N) is 1. The number of carbonyl (C=O) groups is 3. The predicted octanol–water partition coefficient (Wildman–Crippen LogP) is 1.18. The highest BCUT2D eigenvalue weighted by molar-refractivity contribution is 6.37. The molecule has 10 nitrogen and oxygen atoms in total. The number of hydrogen-bond donors (Lipinski definition) is 1. The molecule has 0 radical (unpaired) electrons. The molecule has 0 bridgehead atoms. The summed E-state index contributed by atoms with van der Waals surface area (Å²) >= 11 is 0. The molecule has 144 valence electrons. The number of tetrazole rings is 1. The van der Waals surface area contributed by atoms with Crippen molar-refractivity contribution in [3.05, 3.63) is 24.3 Å². The van der Waals surface area contributed by atoms with Gasteiger partial charge in [0.25, 0.3) is 0 Å². The van der Waals surface area contributed by atoms with Crippen molar-refractivity contribution >= 4 is 23.5 Å². The van der Waals surface area contributed by atoms with E-state index in [4.69, 9.17) is 9.47 Å². The first-order chi connectivity index (χ1) is 13.0. The maximum Gasteiger partial charge on any atom is 0.397 e. The van der Waals surface area contributed by atoms with E-state index in [1.54, 1.807) is 31.2 Å². The molecule has 0 aliphatic carbocycles. The number of unbranched alkanes of at least 4 members (excludes halogenated alkanes) is 1. The van der Waals surface area contributed by atoms with Gasteiger partial charge in [-0.2, -0.15) is 0 Å². The third-order valence-corrected chi connectivity index (χ3v) is 3.41. The summed E-state index contributed by atoms with van der Waals surface area (Å²) in [5, 5.41) is 13.7. The predicted molar refractivity (Wildman–Crippen MR) is 94.4 cm³/mol. The normalized spacial score (nSPS) is 10.3. The number of carbonyl (C=O) groups excluding carboxylic acids is 3. The Morgan fingerprint density at radius 3 is 2.74 bits per heavy atom. The minimum absolute atomic E-state index is 0.142. The molecule has 10 heteroatoms. The van der Waals surface area contributed by atoms with Gasteiger partial charge in [0.05, 0.1) is 13.2 Å². The van der Waals surface area contributed by atoms with Crippen LogP contribution in [-0.2, 0) is 30.4 Å².